The predicted molar refractivity (Wildman–Crippen MR) is 98.6 cm³/mol. The number of rotatable bonds is 9. The fourth-order valence-corrected chi connectivity index (χ4v) is 2.93. The molecule has 1 aromatic rings. The molecule has 1 saturated heterocycles. The fourth-order valence-electron chi connectivity index (χ4n) is 2.93. The topological polar surface area (TPSA) is 53.6 Å². The molecule has 0 aliphatic carbocycles. The first-order chi connectivity index (χ1) is 11.8. The van der Waals surface area contributed by atoms with Crippen molar-refractivity contribution < 1.29 is 9.53 Å². The maximum absolute atomic E-state index is 12.1. The summed E-state index contributed by atoms with van der Waals surface area (Å²) in [6.07, 6.45) is 7.30. The molecule has 1 aliphatic rings. The summed E-state index contributed by atoms with van der Waals surface area (Å²) in [5.74, 6) is 0. The Morgan fingerprint density at radius 2 is 1.75 bits per heavy atom. The summed E-state index contributed by atoms with van der Waals surface area (Å²) in [4.78, 5) is 14.0. The number of carbonyl (C=O) groups is 1. The average Bonchev–Trinajstić information content (AvgIpc) is 2.63. The van der Waals surface area contributed by atoms with Gasteiger partial charge in [0.2, 0.25) is 0 Å². The summed E-state index contributed by atoms with van der Waals surface area (Å²) in [7, 11) is 1.76. The molecule has 2 rings (SSSR count). The number of anilines is 1. The molecule has 134 valence electrons. The van der Waals surface area contributed by atoms with Gasteiger partial charge in [-0.3, -0.25) is 0 Å². The highest BCUT2D eigenvalue weighted by Gasteiger charge is 2.15. The molecule has 1 fully saturated rings. The van der Waals surface area contributed by atoms with Gasteiger partial charge in [-0.2, -0.15) is 0 Å². The van der Waals surface area contributed by atoms with Crippen molar-refractivity contribution in [2.24, 2.45) is 0 Å². The molecule has 0 saturated carbocycles. The molecule has 0 atom stereocenters. The number of aryl methyl sites for hydroxylation is 1. The Hall–Kier alpha value is -1.59. The van der Waals surface area contributed by atoms with Gasteiger partial charge in [-0.15, -0.1) is 0 Å². The molecular formula is C19H31N3O2. The second kappa shape index (κ2) is 11.0. The first-order valence-corrected chi connectivity index (χ1v) is 9.14. The van der Waals surface area contributed by atoms with Crippen molar-refractivity contribution in [2.45, 2.75) is 38.5 Å². The van der Waals surface area contributed by atoms with E-state index in [0.717, 1.165) is 51.3 Å². The Bertz CT molecular complexity index is 470. The fraction of sp³-hybridized carbons (Fsp3) is 0.632. The van der Waals surface area contributed by atoms with Gasteiger partial charge in [-0.05, 0) is 37.0 Å². The van der Waals surface area contributed by atoms with Crippen molar-refractivity contribution >= 4 is 11.7 Å². The van der Waals surface area contributed by atoms with Crippen LogP contribution < -0.4 is 10.6 Å². The highest BCUT2D eigenvalue weighted by Crippen LogP contribution is 2.14. The smallest absolute Gasteiger partial charge is 0.321 e. The van der Waals surface area contributed by atoms with Crippen LogP contribution in [0.2, 0.25) is 0 Å². The highest BCUT2D eigenvalue weighted by molar-refractivity contribution is 5.89. The van der Waals surface area contributed by atoms with Crippen LogP contribution in [0.25, 0.3) is 0 Å². The molecule has 0 aromatic heterocycles. The van der Waals surface area contributed by atoms with E-state index in [1.165, 1.54) is 31.2 Å². The molecule has 24 heavy (non-hydrogen) atoms. The minimum absolute atomic E-state index is 0.000286. The summed E-state index contributed by atoms with van der Waals surface area (Å²) in [6.45, 7) is 4.17. The van der Waals surface area contributed by atoms with Crippen molar-refractivity contribution in [1.29, 1.82) is 0 Å². The molecule has 1 aliphatic heterocycles. The van der Waals surface area contributed by atoms with Crippen molar-refractivity contribution in [2.75, 3.05) is 45.2 Å². The number of unbranched alkanes of at least 4 members (excludes halogenated alkanes) is 4. The van der Waals surface area contributed by atoms with E-state index in [4.69, 9.17) is 4.74 Å². The maximum Gasteiger partial charge on any atom is 0.321 e. The molecule has 0 spiro atoms. The number of nitrogens with zero attached hydrogens (tertiary/aromatic N) is 1. The number of methoxy groups -OCH3 is 1. The van der Waals surface area contributed by atoms with Crippen LogP contribution in [-0.4, -0.2) is 50.8 Å². The molecule has 5 heteroatoms. The van der Waals surface area contributed by atoms with E-state index in [-0.39, 0.29) is 6.03 Å². The van der Waals surface area contributed by atoms with Crippen molar-refractivity contribution in [1.82, 2.24) is 10.2 Å². The van der Waals surface area contributed by atoms with Gasteiger partial charge in [0.15, 0.2) is 0 Å². The Kier molecular flexibility index (Phi) is 8.63. The molecule has 1 heterocycles. The lowest BCUT2D eigenvalue weighted by molar-refractivity contribution is 0.192. The largest absolute Gasteiger partial charge is 0.385 e. The van der Waals surface area contributed by atoms with Gasteiger partial charge in [0.1, 0.15) is 0 Å². The van der Waals surface area contributed by atoms with E-state index in [1.807, 2.05) is 17.0 Å². The second-order valence-electron chi connectivity index (χ2n) is 6.37. The lowest BCUT2D eigenvalue weighted by Crippen LogP contribution is -2.48. The standard InChI is InChI=1S/C19H31N3O2/c1-24-16-6-4-2-3-5-7-17-8-10-18(11-9-17)21-19(23)22-14-12-20-13-15-22/h8-11,20H,2-7,12-16H2,1H3,(H,21,23). The third kappa shape index (κ3) is 6.89. The van der Waals surface area contributed by atoms with E-state index in [9.17, 15) is 4.79 Å². The lowest BCUT2D eigenvalue weighted by atomic mass is 10.1. The quantitative estimate of drug-likeness (QED) is 0.682. The molecule has 0 unspecified atom stereocenters. The number of piperazine rings is 1. The first kappa shape index (κ1) is 18.7. The van der Waals surface area contributed by atoms with E-state index in [2.05, 4.69) is 22.8 Å². The number of amides is 2. The van der Waals surface area contributed by atoms with Crippen LogP contribution in [0.4, 0.5) is 10.5 Å². The molecule has 0 bridgehead atoms. The van der Waals surface area contributed by atoms with Crippen LogP contribution in [0.1, 0.15) is 37.7 Å². The number of benzene rings is 1. The highest BCUT2D eigenvalue weighted by atomic mass is 16.5. The Morgan fingerprint density at radius 1 is 1.08 bits per heavy atom. The number of urea groups is 1. The average molecular weight is 333 g/mol. The first-order valence-electron chi connectivity index (χ1n) is 9.14. The molecule has 2 amide bonds. The van der Waals surface area contributed by atoms with Gasteiger partial charge in [0, 0.05) is 45.6 Å². The van der Waals surface area contributed by atoms with Crippen molar-refractivity contribution in [3.63, 3.8) is 0 Å². The van der Waals surface area contributed by atoms with Gasteiger partial charge < -0.3 is 20.3 Å². The summed E-state index contributed by atoms with van der Waals surface area (Å²) in [5, 5.41) is 6.23. The molecule has 2 N–H and O–H groups in total. The predicted octanol–water partition coefficient (Wildman–Crippen LogP) is 3.26. The molecule has 0 radical (unpaired) electrons. The van der Waals surface area contributed by atoms with Gasteiger partial charge in [0.05, 0.1) is 0 Å². The SMILES string of the molecule is COCCCCCCCc1ccc(NC(=O)N2CCNCC2)cc1. The molecule has 1 aromatic carbocycles. The van der Waals surface area contributed by atoms with E-state index in [1.54, 1.807) is 7.11 Å². The number of nitrogens with one attached hydrogen (secondary N) is 2. The van der Waals surface area contributed by atoms with Gasteiger partial charge in [0.25, 0.3) is 0 Å². The van der Waals surface area contributed by atoms with Crippen LogP contribution in [0, 0.1) is 0 Å². The van der Waals surface area contributed by atoms with E-state index in [0.29, 0.717) is 0 Å². The van der Waals surface area contributed by atoms with E-state index < -0.39 is 0 Å². The van der Waals surface area contributed by atoms with Crippen LogP contribution in [0.3, 0.4) is 0 Å². The summed E-state index contributed by atoms with van der Waals surface area (Å²) >= 11 is 0. The van der Waals surface area contributed by atoms with Gasteiger partial charge in [-0.25, -0.2) is 4.79 Å². The van der Waals surface area contributed by atoms with Crippen LogP contribution in [-0.2, 0) is 11.2 Å². The molecular weight excluding hydrogens is 302 g/mol. The summed E-state index contributed by atoms with van der Waals surface area (Å²) < 4.78 is 5.06. The Morgan fingerprint density at radius 3 is 2.46 bits per heavy atom. The van der Waals surface area contributed by atoms with Crippen molar-refractivity contribution in [3.05, 3.63) is 29.8 Å². The van der Waals surface area contributed by atoms with Gasteiger partial charge >= 0.3 is 6.03 Å². The zero-order valence-electron chi connectivity index (χ0n) is 14.9. The number of carbonyl (C=O) groups excluding carboxylic acids is 1. The zero-order chi connectivity index (χ0) is 17.0. The third-order valence-corrected chi connectivity index (χ3v) is 4.42. The van der Waals surface area contributed by atoms with Gasteiger partial charge in [-0.1, -0.05) is 31.4 Å². The number of hydrogen-bond donors (Lipinski definition) is 2. The molecule has 5 nitrogen and oxygen atoms in total. The minimum Gasteiger partial charge on any atom is -0.385 e. The number of hydrogen-bond acceptors (Lipinski definition) is 3. The Balaban J connectivity index is 1.64. The van der Waals surface area contributed by atoms with Crippen LogP contribution in [0.5, 0.6) is 0 Å². The van der Waals surface area contributed by atoms with E-state index >= 15 is 0 Å². The number of ether oxygens (including phenoxy) is 1. The van der Waals surface area contributed by atoms with Crippen LogP contribution in [0.15, 0.2) is 24.3 Å². The minimum atomic E-state index is 0.000286. The van der Waals surface area contributed by atoms with Crippen LogP contribution >= 0.6 is 0 Å². The normalized spacial score (nSPS) is 14.6. The zero-order valence-corrected chi connectivity index (χ0v) is 14.9. The lowest BCUT2D eigenvalue weighted by Gasteiger charge is -2.27. The maximum atomic E-state index is 12.1. The Labute approximate surface area is 145 Å². The monoisotopic (exact) mass is 333 g/mol. The third-order valence-electron chi connectivity index (χ3n) is 4.42. The summed E-state index contributed by atoms with van der Waals surface area (Å²) in [6, 6.07) is 8.26. The summed E-state index contributed by atoms with van der Waals surface area (Å²) in [5.41, 5.74) is 2.22. The van der Waals surface area contributed by atoms with Crippen molar-refractivity contribution in [3.8, 4) is 0 Å². The second-order valence-corrected chi connectivity index (χ2v) is 6.37.